The van der Waals surface area contributed by atoms with Crippen LogP contribution in [0.4, 0.5) is 13.2 Å². The quantitative estimate of drug-likeness (QED) is 0.510. The zero-order valence-electron chi connectivity index (χ0n) is 7.78. The largest absolute Gasteiger partial charge is 3.00 e. The summed E-state index contributed by atoms with van der Waals surface area (Å²) < 4.78 is 31.4. The molecule has 0 radical (unpaired) electrons. The zero-order chi connectivity index (χ0) is 12.9. The molecule has 6 nitrogen and oxygen atoms in total. The van der Waals surface area contributed by atoms with Gasteiger partial charge in [0.1, 0.15) is 20.0 Å². The van der Waals surface area contributed by atoms with Crippen molar-refractivity contribution in [1.29, 1.82) is 0 Å². The van der Waals surface area contributed by atoms with E-state index in [2.05, 4.69) is 0 Å². The number of rotatable bonds is 3. The first kappa shape index (κ1) is 24.3. The number of hydrogen-bond donors (Lipinski definition) is 0. The molecule has 0 unspecified atom stereocenters. The molecule has 0 rings (SSSR count). The minimum absolute atomic E-state index is 0. The zero-order valence-corrected chi connectivity index (χ0v) is 11.1. The Morgan fingerprint density at radius 2 is 0.750 bits per heavy atom. The smallest absolute Gasteiger partial charge is 0.547 e. The van der Waals surface area contributed by atoms with Gasteiger partial charge in [0.05, 0.1) is 17.9 Å². The molecule has 0 amide bonds. The van der Waals surface area contributed by atoms with Gasteiger partial charge < -0.3 is 29.7 Å². The fourth-order valence-corrected chi connectivity index (χ4v) is 0. The van der Waals surface area contributed by atoms with Crippen LogP contribution in [0.15, 0.2) is 0 Å². The molecule has 0 fully saturated rings. The van der Waals surface area contributed by atoms with E-state index >= 15 is 0 Å². The van der Waals surface area contributed by atoms with E-state index < -0.39 is 37.9 Å². The first-order valence-corrected chi connectivity index (χ1v) is 3.09. The number of aliphatic carboxylic acids is 3. The molecule has 0 aliphatic heterocycles. The second-order valence-electron chi connectivity index (χ2n) is 1.52. The van der Waals surface area contributed by atoms with Gasteiger partial charge in [-0.25, -0.2) is 13.2 Å². The maximum atomic E-state index is 10.5. The first-order valence-electron chi connectivity index (χ1n) is 3.09. The van der Waals surface area contributed by atoms with Crippen molar-refractivity contribution in [1.82, 2.24) is 0 Å². The van der Waals surface area contributed by atoms with Gasteiger partial charge in [-0.15, -0.1) is 0 Å². The fourth-order valence-electron chi connectivity index (χ4n) is 0. The number of carboxylic acid groups (broad SMARTS) is 3. The van der Waals surface area contributed by atoms with Gasteiger partial charge in [0, 0.05) is 0 Å². The molecule has 0 saturated heterocycles. The Morgan fingerprint density at radius 1 is 0.688 bits per heavy atom. The summed E-state index contributed by atoms with van der Waals surface area (Å²) in [4.78, 5) is 26.6. The van der Waals surface area contributed by atoms with Crippen LogP contribution in [0.25, 0.3) is 0 Å². The summed E-state index contributed by atoms with van der Waals surface area (Å²) in [5.74, 6) is -4.99. The molecule has 0 saturated carbocycles. The molecule has 0 aromatic carbocycles. The number of halogens is 3. The number of hydrogen-bond acceptors (Lipinski definition) is 6. The molecule has 10 heteroatoms. The van der Waals surface area contributed by atoms with Crippen molar-refractivity contribution < 1.29 is 42.9 Å². The second-order valence-corrected chi connectivity index (χ2v) is 1.52. The summed E-state index contributed by atoms with van der Waals surface area (Å²) >= 11 is 0. The fraction of sp³-hybridized carbons (Fsp3) is 0.500. The molecular formula is C6H6F3InO6. The third kappa shape index (κ3) is 74.1. The SMILES string of the molecule is O=C([O-])CF.O=C([O-])CF.O=C([O-])CF.[In+3]. The van der Waals surface area contributed by atoms with Gasteiger partial charge in [0.15, 0.2) is 0 Å². The normalized spacial score (nSPS) is 6.94. The van der Waals surface area contributed by atoms with Gasteiger partial charge in [-0.2, -0.15) is 0 Å². The Bertz CT molecular complexity index is 167. The van der Waals surface area contributed by atoms with Crippen molar-refractivity contribution in [2.45, 2.75) is 0 Å². The van der Waals surface area contributed by atoms with Gasteiger partial charge in [-0.05, 0) is 0 Å². The van der Waals surface area contributed by atoms with E-state index in [4.69, 9.17) is 29.7 Å². The second kappa shape index (κ2) is 19.6. The van der Waals surface area contributed by atoms with Crippen LogP contribution in [0.5, 0.6) is 0 Å². The summed E-state index contributed by atoms with van der Waals surface area (Å²) in [7, 11) is 0. The molecule has 0 bridgehead atoms. The number of alkyl halides is 3. The van der Waals surface area contributed by atoms with E-state index in [0.29, 0.717) is 0 Å². The van der Waals surface area contributed by atoms with Crippen molar-refractivity contribution in [3.05, 3.63) is 0 Å². The Kier molecular flexibility index (Phi) is 29.8. The van der Waals surface area contributed by atoms with Crippen LogP contribution in [-0.4, -0.2) is 63.8 Å². The van der Waals surface area contributed by atoms with E-state index in [9.17, 15) is 13.2 Å². The van der Waals surface area contributed by atoms with E-state index in [1.807, 2.05) is 0 Å². The van der Waals surface area contributed by atoms with Crippen LogP contribution in [0, 0.1) is 0 Å². The molecule has 0 aromatic heterocycles. The van der Waals surface area contributed by atoms with E-state index in [-0.39, 0.29) is 25.8 Å². The molecule has 16 heavy (non-hydrogen) atoms. The maximum absolute atomic E-state index is 10.5. The van der Waals surface area contributed by atoms with E-state index in [1.165, 1.54) is 0 Å². The predicted molar refractivity (Wildman–Crippen MR) is 38.7 cm³/mol. The number of carbonyl (C=O) groups is 3. The predicted octanol–water partition coefficient (Wildman–Crippen LogP) is -4.26. The third-order valence-electron chi connectivity index (χ3n) is 0.327. The monoisotopic (exact) mass is 346 g/mol. The van der Waals surface area contributed by atoms with Crippen molar-refractivity contribution >= 4 is 43.8 Å². The maximum Gasteiger partial charge on any atom is 3.00 e. The molecule has 0 heterocycles. The Labute approximate surface area is 107 Å². The molecule has 0 aliphatic rings. The summed E-state index contributed by atoms with van der Waals surface area (Å²) in [5.41, 5.74) is 0. The first-order chi connectivity index (χ1) is 6.81. The Balaban J connectivity index is -0.0000000655. The van der Waals surface area contributed by atoms with Crippen molar-refractivity contribution in [2.24, 2.45) is 0 Å². The van der Waals surface area contributed by atoms with Crippen molar-refractivity contribution in [3.8, 4) is 0 Å². The number of carbonyl (C=O) groups excluding carboxylic acids is 3. The van der Waals surface area contributed by atoms with Gasteiger partial charge in [0.2, 0.25) is 0 Å². The standard InChI is InChI=1S/3C2H3FO2.In/c3*3-1-2(4)5;/h3*1H2,(H,4,5);/q;;;+3/p-3. The summed E-state index contributed by atoms with van der Waals surface area (Å²) in [5, 5.41) is 26.6. The van der Waals surface area contributed by atoms with E-state index in [0.717, 1.165) is 0 Å². The summed E-state index contributed by atoms with van der Waals surface area (Å²) in [6, 6.07) is 0. The van der Waals surface area contributed by atoms with Gasteiger partial charge in [0.25, 0.3) is 0 Å². The molecule has 90 valence electrons. The summed E-state index contributed by atoms with van der Waals surface area (Å²) in [6.07, 6.45) is 0. The topological polar surface area (TPSA) is 120 Å². The minimum atomic E-state index is -1.66. The van der Waals surface area contributed by atoms with Gasteiger partial charge >= 0.3 is 25.8 Å². The molecule has 0 aliphatic carbocycles. The van der Waals surface area contributed by atoms with Crippen LogP contribution in [-0.2, 0) is 14.4 Å². The van der Waals surface area contributed by atoms with Crippen LogP contribution in [0.2, 0.25) is 0 Å². The Morgan fingerprint density at radius 3 is 0.750 bits per heavy atom. The number of carboxylic acids is 3. The third-order valence-corrected chi connectivity index (χ3v) is 0.327. The molecule has 0 atom stereocenters. The van der Waals surface area contributed by atoms with Crippen LogP contribution >= 0.6 is 0 Å². The van der Waals surface area contributed by atoms with Gasteiger partial charge in [-0.3, -0.25) is 0 Å². The van der Waals surface area contributed by atoms with Crippen molar-refractivity contribution in [3.63, 3.8) is 0 Å². The van der Waals surface area contributed by atoms with Crippen LogP contribution < -0.4 is 15.3 Å². The van der Waals surface area contributed by atoms with E-state index in [1.54, 1.807) is 0 Å². The van der Waals surface area contributed by atoms with Crippen molar-refractivity contribution in [2.75, 3.05) is 20.0 Å². The van der Waals surface area contributed by atoms with Crippen LogP contribution in [0.1, 0.15) is 0 Å². The Hall–Kier alpha value is -0.930. The molecule has 0 N–H and O–H groups in total. The van der Waals surface area contributed by atoms with Gasteiger partial charge in [-0.1, -0.05) is 0 Å². The van der Waals surface area contributed by atoms with Crippen LogP contribution in [0.3, 0.4) is 0 Å². The summed E-state index contributed by atoms with van der Waals surface area (Å²) in [6.45, 7) is -4.17. The average molecular weight is 346 g/mol. The average Bonchev–Trinajstić information content (AvgIpc) is 2.19. The minimum Gasteiger partial charge on any atom is -0.547 e. The molecule has 0 spiro atoms. The molecule has 0 aromatic rings. The molecular weight excluding hydrogens is 340 g/mol.